The summed E-state index contributed by atoms with van der Waals surface area (Å²) in [5.74, 6) is -5.40. The van der Waals surface area contributed by atoms with Crippen LogP contribution in [0.4, 0.5) is 0 Å². The van der Waals surface area contributed by atoms with Gasteiger partial charge in [-0.25, -0.2) is 4.79 Å². The maximum Gasteiger partial charge on any atom is 0.326 e. The summed E-state index contributed by atoms with van der Waals surface area (Å²) in [6.07, 6.45) is -0.667. The van der Waals surface area contributed by atoms with Gasteiger partial charge in [-0.2, -0.15) is 0 Å². The molecule has 0 aliphatic rings. The molecule has 3 unspecified atom stereocenters. The van der Waals surface area contributed by atoms with Crippen molar-refractivity contribution in [1.82, 2.24) is 16.0 Å². The van der Waals surface area contributed by atoms with E-state index in [-0.39, 0.29) is 12.3 Å². The molecule has 0 aliphatic carbocycles. The van der Waals surface area contributed by atoms with Crippen LogP contribution in [-0.2, 0) is 24.0 Å². The lowest BCUT2D eigenvalue weighted by Crippen LogP contribution is -2.54. The molecule has 0 saturated heterocycles. The molecule has 3 atom stereocenters. The summed E-state index contributed by atoms with van der Waals surface area (Å²) in [6, 6.07) is -4.01. The van der Waals surface area contributed by atoms with Gasteiger partial charge in [0.2, 0.25) is 17.7 Å². The van der Waals surface area contributed by atoms with Crippen LogP contribution in [0.15, 0.2) is 0 Å². The average molecular weight is 390 g/mol. The third-order valence-corrected chi connectivity index (χ3v) is 3.31. The number of nitrogens with two attached hydrogens (primary N) is 1. The molecule has 3 amide bonds. The van der Waals surface area contributed by atoms with Crippen LogP contribution in [0, 0.1) is 5.92 Å². The summed E-state index contributed by atoms with van der Waals surface area (Å²) in [5, 5.41) is 33.2. The van der Waals surface area contributed by atoms with Crippen LogP contribution in [0.5, 0.6) is 0 Å². The fourth-order valence-electron chi connectivity index (χ4n) is 1.98. The Morgan fingerprint density at radius 3 is 2.00 bits per heavy atom. The van der Waals surface area contributed by atoms with Gasteiger partial charge in [0, 0.05) is 0 Å². The normalized spacial score (nSPS) is 14.0. The van der Waals surface area contributed by atoms with Gasteiger partial charge >= 0.3 is 11.9 Å². The van der Waals surface area contributed by atoms with E-state index in [4.69, 9.17) is 21.1 Å². The molecule has 12 heteroatoms. The zero-order valence-corrected chi connectivity index (χ0v) is 15.1. The Morgan fingerprint density at radius 2 is 1.56 bits per heavy atom. The third kappa shape index (κ3) is 10.1. The first-order valence-corrected chi connectivity index (χ1v) is 8.16. The zero-order chi connectivity index (χ0) is 21.1. The minimum absolute atomic E-state index is 0.0511. The zero-order valence-electron chi connectivity index (χ0n) is 15.1. The van der Waals surface area contributed by atoms with Crippen LogP contribution in [-0.4, -0.2) is 76.3 Å². The van der Waals surface area contributed by atoms with Crippen LogP contribution in [0.3, 0.4) is 0 Å². The van der Waals surface area contributed by atoms with Gasteiger partial charge in [0.05, 0.1) is 19.6 Å². The molecule has 0 fully saturated rings. The summed E-state index contributed by atoms with van der Waals surface area (Å²) in [5.41, 5.74) is 5.25. The van der Waals surface area contributed by atoms with E-state index in [1.165, 1.54) is 0 Å². The number of amides is 3. The summed E-state index contributed by atoms with van der Waals surface area (Å²) < 4.78 is 0. The Kier molecular flexibility index (Phi) is 10.6. The number of rotatable bonds is 12. The average Bonchev–Trinajstić information content (AvgIpc) is 2.56. The van der Waals surface area contributed by atoms with Crippen molar-refractivity contribution >= 4 is 29.7 Å². The van der Waals surface area contributed by atoms with E-state index in [1.54, 1.807) is 13.8 Å². The first-order valence-electron chi connectivity index (χ1n) is 8.16. The fraction of sp³-hybridized carbons (Fsp3) is 0.667. The molecule has 0 aromatic rings. The van der Waals surface area contributed by atoms with Crippen LogP contribution < -0.4 is 21.7 Å². The van der Waals surface area contributed by atoms with Gasteiger partial charge in [0.1, 0.15) is 18.1 Å². The molecule has 0 bridgehead atoms. The lowest BCUT2D eigenvalue weighted by molar-refractivity contribution is -0.143. The van der Waals surface area contributed by atoms with Crippen molar-refractivity contribution < 1.29 is 39.3 Å². The molecule has 0 saturated carbocycles. The van der Waals surface area contributed by atoms with Gasteiger partial charge in [-0.05, 0) is 12.3 Å². The number of hydrogen-bond acceptors (Lipinski definition) is 7. The minimum Gasteiger partial charge on any atom is -0.481 e. The summed E-state index contributed by atoms with van der Waals surface area (Å²) >= 11 is 0. The topological polar surface area (TPSA) is 208 Å². The van der Waals surface area contributed by atoms with Gasteiger partial charge in [0.25, 0.3) is 0 Å². The highest BCUT2D eigenvalue weighted by Gasteiger charge is 2.28. The highest BCUT2D eigenvalue weighted by molar-refractivity contribution is 5.94. The second-order valence-corrected chi connectivity index (χ2v) is 6.25. The monoisotopic (exact) mass is 390 g/mol. The number of aliphatic hydroxyl groups excluding tert-OH is 1. The first-order chi connectivity index (χ1) is 12.5. The molecular weight excluding hydrogens is 364 g/mol. The summed E-state index contributed by atoms with van der Waals surface area (Å²) in [4.78, 5) is 57.6. The molecular formula is C15H26N4O8. The fourth-order valence-corrected chi connectivity index (χ4v) is 1.98. The van der Waals surface area contributed by atoms with Crippen molar-refractivity contribution in [2.75, 3.05) is 13.2 Å². The molecule has 0 aromatic heterocycles. The maximum absolute atomic E-state index is 12.2. The number of aliphatic carboxylic acids is 2. The molecule has 27 heavy (non-hydrogen) atoms. The van der Waals surface area contributed by atoms with Crippen molar-refractivity contribution in [3.63, 3.8) is 0 Å². The van der Waals surface area contributed by atoms with Crippen LogP contribution in [0.2, 0.25) is 0 Å². The summed E-state index contributed by atoms with van der Waals surface area (Å²) in [7, 11) is 0. The number of carbonyl (C=O) groups excluding carboxylic acids is 3. The van der Waals surface area contributed by atoms with E-state index >= 15 is 0 Å². The number of carbonyl (C=O) groups is 5. The highest BCUT2D eigenvalue weighted by Crippen LogP contribution is 2.06. The van der Waals surface area contributed by atoms with Gasteiger partial charge in [-0.15, -0.1) is 0 Å². The number of carboxylic acids is 2. The van der Waals surface area contributed by atoms with Crippen molar-refractivity contribution in [3.8, 4) is 0 Å². The number of nitrogens with one attached hydrogen (secondary N) is 3. The van der Waals surface area contributed by atoms with E-state index in [1.807, 2.05) is 0 Å². The Labute approximate surface area is 155 Å². The molecule has 0 aliphatic heterocycles. The largest absolute Gasteiger partial charge is 0.481 e. The second-order valence-electron chi connectivity index (χ2n) is 6.25. The molecule has 0 radical (unpaired) electrons. The molecule has 154 valence electrons. The molecule has 0 rings (SSSR count). The maximum atomic E-state index is 12.2. The van der Waals surface area contributed by atoms with Crippen molar-refractivity contribution in [2.24, 2.45) is 11.7 Å². The third-order valence-electron chi connectivity index (χ3n) is 3.31. The number of aliphatic hydroxyl groups is 1. The quantitative estimate of drug-likeness (QED) is 0.181. The standard InChI is InChI=1S/C15H26N4O8/c1-7(2)3-10(15(26)27)19-14(25)9(4-12(22)23)18-11(21)5-17-13(24)8(16)6-20/h7-10,20H,3-6,16H2,1-2H3,(H,17,24)(H,18,21)(H,19,25)(H,22,23)(H,26,27). The molecule has 0 aromatic carbocycles. The predicted octanol–water partition coefficient (Wildman–Crippen LogP) is -3.00. The first kappa shape index (κ1) is 24.3. The molecule has 0 spiro atoms. The van der Waals surface area contributed by atoms with E-state index < -0.39 is 67.4 Å². The van der Waals surface area contributed by atoms with Crippen LogP contribution >= 0.6 is 0 Å². The minimum atomic E-state index is -1.53. The second kappa shape index (κ2) is 11.8. The smallest absolute Gasteiger partial charge is 0.326 e. The molecule has 8 N–H and O–H groups in total. The van der Waals surface area contributed by atoms with Crippen molar-refractivity contribution in [1.29, 1.82) is 0 Å². The number of hydrogen-bond donors (Lipinski definition) is 7. The molecule has 12 nitrogen and oxygen atoms in total. The van der Waals surface area contributed by atoms with Crippen LogP contribution in [0.25, 0.3) is 0 Å². The van der Waals surface area contributed by atoms with Gasteiger partial charge in [0.15, 0.2) is 0 Å². The lowest BCUT2D eigenvalue weighted by Gasteiger charge is -2.21. The van der Waals surface area contributed by atoms with Gasteiger partial charge in [-0.1, -0.05) is 13.8 Å². The number of carboxylic acid groups (broad SMARTS) is 2. The van der Waals surface area contributed by atoms with Crippen molar-refractivity contribution in [3.05, 3.63) is 0 Å². The van der Waals surface area contributed by atoms with E-state index in [9.17, 15) is 24.0 Å². The van der Waals surface area contributed by atoms with E-state index in [0.717, 1.165) is 0 Å². The Balaban J connectivity index is 4.92. The van der Waals surface area contributed by atoms with E-state index in [0.29, 0.717) is 0 Å². The molecule has 0 heterocycles. The Hall–Kier alpha value is -2.73. The lowest BCUT2D eigenvalue weighted by atomic mass is 10.0. The van der Waals surface area contributed by atoms with Gasteiger partial charge < -0.3 is 37.0 Å². The highest BCUT2D eigenvalue weighted by atomic mass is 16.4. The Morgan fingerprint density at radius 1 is 0.963 bits per heavy atom. The predicted molar refractivity (Wildman–Crippen MR) is 91.3 cm³/mol. The SMILES string of the molecule is CC(C)CC(NC(=O)C(CC(=O)O)NC(=O)CNC(=O)C(N)CO)C(=O)O. The van der Waals surface area contributed by atoms with Gasteiger partial charge in [-0.3, -0.25) is 19.2 Å². The van der Waals surface area contributed by atoms with E-state index in [2.05, 4.69) is 16.0 Å². The van der Waals surface area contributed by atoms with Crippen molar-refractivity contribution in [2.45, 2.75) is 44.8 Å². The summed E-state index contributed by atoms with van der Waals surface area (Å²) in [6.45, 7) is 2.25. The Bertz CT molecular complexity index is 566. The van der Waals surface area contributed by atoms with Crippen LogP contribution in [0.1, 0.15) is 26.7 Å².